The van der Waals surface area contributed by atoms with Crippen LogP contribution in [0.4, 0.5) is 11.4 Å². The lowest BCUT2D eigenvalue weighted by Crippen LogP contribution is -2.21. The number of rotatable bonds is 8. The molecule has 2 N–H and O–H groups in total. The molecule has 0 aliphatic rings. The molecule has 0 radical (unpaired) electrons. The third kappa shape index (κ3) is 6.48. The molecule has 0 aliphatic carbocycles. The number of halogens is 1. The summed E-state index contributed by atoms with van der Waals surface area (Å²) in [6.07, 6.45) is 1.41. The van der Waals surface area contributed by atoms with Crippen molar-refractivity contribution < 1.29 is 19.2 Å². The van der Waals surface area contributed by atoms with Crippen LogP contribution in [0.1, 0.15) is 27.0 Å². The first kappa shape index (κ1) is 24.6. The predicted molar refractivity (Wildman–Crippen MR) is 132 cm³/mol. The van der Waals surface area contributed by atoms with Crippen molar-refractivity contribution in [1.29, 1.82) is 0 Å². The van der Waals surface area contributed by atoms with E-state index in [0.29, 0.717) is 15.8 Å². The number of benzene rings is 3. The Bertz CT molecular complexity index is 1280. The largest absolute Gasteiger partial charge is 0.483 e. The minimum absolute atomic E-state index is 0.121. The van der Waals surface area contributed by atoms with Crippen LogP contribution in [0.3, 0.4) is 0 Å². The van der Waals surface area contributed by atoms with Crippen LogP contribution in [0.15, 0.2) is 70.2 Å². The molecule has 2 amide bonds. The Kier molecular flexibility index (Phi) is 8.10. The second kappa shape index (κ2) is 11.2. The van der Waals surface area contributed by atoms with E-state index in [1.54, 1.807) is 18.2 Å². The molecule has 0 atom stereocenters. The van der Waals surface area contributed by atoms with Crippen LogP contribution < -0.4 is 15.5 Å². The fourth-order valence-electron chi connectivity index (χ4n) is 2.92. The fraction of sp³-hybridized carbons (Fsp3) is 0.125. The average molecular weight is 525 g/mol. The van der Waals surface area contributed by atoms with Gasteiger partial charge in [0.1, 0.15) is 5.75 Å². The first-order valence-electron chi connectivity index (χ1n) is 10.1. The van der Waals surface area contributed by atoms with Gasteiger partial charge in [0, 0.05) is 23.4 Å². The van der Waals surface area contributed by atoms with Crippen molar-refractivity contribution >= 4 is 45.3 Å². The van der Waals surface area contributed by atoms with Gasteiger partial charge in [0.05, 0.1) is 15.6 Å². The van der Waals surface area contributed by atoms with Gasteiger partial charge in [-0.2, -0.15) is 5.10 Å². The second-order valence-electron chi connectivity index (χ2n) is 7.28. The maximum Gasteiger partial charge on any atom is 0.271 e. The van der Waals surface area contributed by atoms with E-state index in [-0.39, 0.29) is 23.8 Å². The van der Waals surface area contributed by atoms with Crippen LogP contribution in [0.25, 0.3) is 0 Å². The maximum absolute atomic E-state index is 12.3. The summed E-state index contributed by atoms with van der Waals surface area (Å²) in [6.45, 7) is 3.75. The van der Waals surface area contributed by atoms with Crippen molar-refractivity contribution in [1.82, 2.24) is 5.43 Å². The topological polar surface area (TPSA) is 123 Å². The quantitative estimate of drug-likeness (QED) is 0.250. The van der Waals surface area contributed by atoms with Gasteiger partial charge in [-0.15, -0.1) is 0 Å². The van der Waals surface area contributed by atoms with Crippen LogP contribution in [0.2, 0.25) is 0 Å². The molecular weight excluding hydrogens is 504 g/mol. The Morgan fingerprint density at radius 3 is 2.62 bits per heavy atom. The molecule has 0 spiro atoms. The molecule has 10 heteroatoms. The lowest BCUT2D eigenvalue weighted by molar-refractivity contribution is -0.384. The van der Waals surface area contributed by atoms with Gasteiger partial charge in [0.2, 0.25) is 0 Å². The minimum Gasteiger partial charge on any atom is -0.483 e. The van der Waals surface area contributed by atoms with Gasteiger partial charge < -0.3 is 10.1 Å². The summed E-state index contributed by atoms with van der Waals surface area (Å²) in [5, 5.41) is 17.5. The molecule has 0 aliphatic heterocycles. The lowest BCUT2D eigenvalue weighted by atomic mass is 10.1. The molecule has 3 aromatic rings. The highest BCUT2D eigenvalue weighted by atomic mass is 79.9. The van der Waals surface area contributed by atoms with E-state index < -0.39 is 10.8 Å². The molecule has 9 nitrogen and oxygen atoms in total. The molecule has 3 aromatic carbocycles. The maximum atomic E-state index is 12.3. The van der Waals surface area contributed by atoms with E-state index in [1.807, 2.05) is 32.0 Å². The van der Waals surface area contributed by atoms with Crippen molar-refractivity contribution in [3.63, 3.8) is 0 Å². The minimum atomic E-state index is -0.575. The highest BCUT2D eigenvalue weighted by Crippen LogP contribution is 2.26. The third-order valence-electron chi connectivity index (χ3n) is 4.89. The number of carbonyl (C=O) groups excluding carboxylic acids is 2. The van der Waals surface area contributed by atoms with E-state index in [9.17, 15) is 19.7 Å². The van der Waals surface area contributed by atoms with E-state index in [2.05, 4.69) is 31.8 Å². The molecule has 0 saturated heterocycles. The summed E-state index contributed by atoms with van der Waals surface area (Å²) in [7, 11) is 0. The zero-order valence-electron chi connectivity index (χ0n) is 18.4. The van der Waals surface area contributed by atoms with Gasteiger partial charge in [-0.25, -0.2) is 5.43 Å². The first-order chi connectivity index (χ1) is 16.2. The number of amides is 2. The van der Waals surface area contributed by atoms with Gasteiger partial charge in [-0.3, -0.25) is 19.7 Å². The summed E-state index contributed by atoms with van der Waals surface area (Å²) >= 11 is 3.39. The van der Waals surface area contributed by atoms with Crippen molar-refractivity contribution in [2.45, 2.75) is 13.8 Å². The second-order valence-corrected chi connectivity index (χ2v) is 8.14. The highest BCUT2D eigenvalue weighted by Gasteiger charge is 2.11. The van der Waals surface area contributed by atoms with Gasteiger partial charge in [0.15, 0.2) is 6.61 Å². The van der Waals surface area contributed by atoms with Crippen molar-refractivity contribution in [2.75, 3.05) is 11.9 Å². The standard InChI is InChI=1S/C24H21BrN4O5/c1-15-5-3-8-21(16(15)2)27-23(30)14-34-22-10-9-17(11-20(22)25)13-26-28-24(31)18-6-4-7-19(12-18)29(32)33/h3-13H,14H2,1-2H3,(H,27,30)(H,28,31)/b26-13+. The van der Waals surface area contributed by atoms with Crippen LogP contribution in [-0.4, -0.2) is 29.6 Å². The molecular formula is C24H21BrN4O5. The van der Waals surface area contributed by atoms with Crippen molar-refractivity contribution in [3.8, 4) is 5.75 Å². The van der Waals surface area contributed by atoms with Gasteiger partial charge >= 0.3 is 0 Å². The number of hydrogen-bond donors (Lipinski definition) is 2. The van der Waals surface area contributed by atoms with Crippen LogP contribution in [0.5, 0.6) is 5.75 Å². The van der Waals surface area contributed by atoms with E-state index in [1.165, 1.54) is 30.5 Å². The molecule has 3 rings (SSSR count). The molecule has 0 aromatic heterocycles. The molecule has 0 saturated carbocycles. The van der Waals surface area contributed by atoms with Gasteiger partial charge in [-0.05, 0) is 76.8 Å². The van der Waals surface area contributed by atoms with E-state index in [4.69, 9.17) is 4.74 Å². The summed E-state index contributed by atoms with van der Waals surface area (Å²) in [4.78, 5) is 34.7. The normalized spacial score (nSPS) is 10.7. The molecule has 0 bridgehead atoms. The van der Waals surface area contributed by atoms with Crippen molar-refractivity contribution in [2.24, 2.45) is 5.10 Å². The smallest absolute Gasteiger partial charge is 0.271 e. The molecule has 0 fully saturated rings. The number of ether oxygens (including phenoxy) is 1. The predicted octanol–water partition coefficient (Wildman–Crippen LogP) is 4.76. The third-order valence-corrected chi connectivity index (χ3v) is 5.51. The van der Waals surface area contributed by atoms with Gasteiger partial charge in [0.25, 0.3) is 17.5 Å². The average Bonchev–Trinajstić information content (AvgIpc) is 2.81. The number of non-ortho nitro benzene ring substituents is 1. The van der Waals surface area contributed by atoms with Gasteiger partial charge in [-0.1, -0.05) is 18.2 Å². The Labute approximate surface area is 204 Å². The zero-order valence-corrected chi connectivity index (χ0v) is 20.0. The Hall–Kier alpha value is -4.05. The summed E-state index contributed by atoms with van der Waals surface area (Å²) in [5.41, 5.74) is 5.74. The van der Waals surface area contributed by atoms with Crippen LogP contribution >= 0.6 is 15.9 Å². The van der Waals surface area contributed by atoms with Crippen LogP contribution in [-0.2, 0) is 4.79 Å². The lowest BCUT2D eigenvalue weighted by Gasteiger charge is -2.12. The number of carbonyl (C=O) groups is 2. The van der Waals surface area contributed by atoms with Crippen LogP contribution in [0, 0.1) is 24.0 Å². The number of aryl methyl sites for hydroxylation is 1. The van der Waals surface area contributed by atoms with Crippen molar-refractivity contribution in [3.05, 3.63) is 97.5 Å². The molecule has 34 heavy (non-hydrogen) atoms. The number of hydrazone groups is 1. The fourth-order valence-corrected chi connectivity index (χ4v) is 3.43. The number of nitrogens with zero attached hydrogens (tertiary/aromatic N) is 2. The number of anilines is 1. The molecule has 0 unspecified atom stereocenters. The Balaban J connectivity index is 1.55. The molecule has 174 valence electrons. The Morgan fingerprint density at radius 2 is 1.88 bits per heavy atom. The number of nitro benzene ring substituents is 1. The monoisotopic (exact) mass is 524 g/mol. The summed E-state index contributed by atoms with van der Waals surface area (Å²) in [5.74, 6) is -0.391. The highest BCUT2D eigenvalue weighted by molar-refractivity contribution is 9.10. The van der Waals surface area contributed by atoms with E-state index >= 15 is 0 Å². The SMILES string of the molecule is Cc1cccc(NC(=O)COc2ccc(/C=N/NC(=O)c3cccc([N+](=O)[O-])c3)cc2Br)c1C. The molecule has 0 heterocycles. The Morgan fingerprint density at radius 1 is 1.12 bits per heavy atom. The number of nitrogens with one attached hydrogen (secondary N) is 2. The summed E-state index contributed by atoms with van der Waals surface area (Å²) in [6, 6.07) is 16.1. The van der Waals surface area contributed by atoms with E-state index in [0.717, 1.165) is 16.8 Å². The number of hydrogen-bond acceptors (Lipinski definition) is 6. The number of nitro groups is 1. The zero-order chi connectivity index (χ0) is 24.7. The summed E-state index contributed by atoms with van der Waals surface area (Å²) < 4.78 is 6.20. The first-order valence-corrected chi connectivity index (χ1v) is 10.9.